The Hall–Kier alpha value is -1.37. The lowest BCUT2D eigenvalue weighted by molar-refractivity contribution is -0.130. The monoisotopic (exact) mass is 362 g/mol. The molecule has 1 aromatic carbocycles. The predicted octanol–water partition coefficient (Wildman–Crippen LogP) is 3.70. The third-order valence-corrected chi connectivity index (χ3v) is 6.68. The third kappa shape index (κ3) is 4.59. The molecule has 1 aromatic heterocycles. The Balaban J connectivity index is 1.46. The molecule has 4 nitrogen and oxygen atoms in total. The summed E-state index contributed by atoms with van der Waals surface area (Å²) in [6.45, 7) is 2.02. The van der Waals surface area contributed by atoms with Gasteiger partial charge in [0.05, 0.1) is 0 Å². The van der Waals surface area contributed by atoms with E-state index in [0.29, 0.717) is 10.8 Å². The van der Waals surface area contributed by atoms with Crippen molar-refractivity contribution < 1.29 is 9.90 Å². The molecule has 1 atom stereocenters. The largest absolute Gasteiger partial charge is 0.378 e. The lowest BCUT2D eigenvalue weighted by Gasteiger charge is -2.29. The fourth-order valence-electron chi connectivity index (χ4n) is 2.92. The van der Waals surface area contributed by atoms with Crippen LogP contribution >= 0.6 is 23.1 Å². The van der Waals surface area contributed by atoms with Gasteiger partial charge in [0.25, 0.3) is 5.91 Å². The molecule has 6 heteroatoms. The molecule has 0 unspecified atom stereocenters. The first-order valence-electron chi connectivity index (χ1n) is 8.24. The van der Waals surface area contributed by atoms with Gasteiger partial charge in [0.1, 0.15) is 4.34 Å². The number of hydrogen-bond acceptors (Lipinski definition) is 5. The third-order valence-electron chi connectivity index (χ3n) is 4.25. The van der Waals surface area contributed by atoms with Gasteiger partial charge in [-0.1, -0.05) is 42.1 Å². The summed E-state index contributed by atoms with van der Waals surface area (Å²) in [6, 6.07) is 9.23. The minimum atomic E-state index is -1.09. The minimum Gasteiger partial charge on any atom is -0.378 e. The molecular weight excluding hydrogens is 340 g/mol. The van der Waals surface area contributed by atoms with Crippen molar-refractivity contribution in [2.24, 2.45) is 0 Å². The second-order valence-electron chi connectivity index (χ2n) is 6.17. The van der Waals surface area contributed by atoms with Crippen LogP contribution in [0.1, 0.15) is 43.0 Å². The number of aliphatic hydroxyl groups excluding tert-OH is 1. The number of nitrogens with zero attached hydrogens (tertiary/aromatic N) is 1. The summed E-state index contributed by atoms with van der Waals surface area (Å²) in [5, 5.41) is 15.8. The maximum absolute atomic E-state index is 12.2. The van der Waals surface area contributed by atoms with Crippen LogP contribution in [-0.4, -0.2) is 27.3 Å². The normalized spacial score (nSPS) is 22.1. The van der Waals surface area contributed by atoms with Gasteiger partial charge in [0, 0.05) is 22.4 Å². The van der Waals surface area contributed by atoms with Crippen LogP contribution in [0.3, 0.4) is 0 Å². The highest BCUT2D eigenvalue weighted by Gasteiger charge is 2.26. The SMILES string of the molecule is Cc1csc(SC2CCC(NC(=O)[C@H](O)c3ccccc3)CC2)n1. The summed E-state index contributed by atoms with van der Waals surface area (Å²) >= 11 is 3.56. The molecule has 0 saturated heterocycles. The van der Waals surface area contributed by atoms with Gasteiger partial charge >= 0.3 is 0 Å². The van der Waals surface area contributed by atoms with E-state index in [4.69, 9.17) is 0 Å². The summed E-state index contributed by atoms with van der Waals surface area (Å²) in [4.78, 5) is 16.7. The van der Waals surface area contributed by atoms with E-state index in [1.807, 2.05) is 36.9 Å². The van der Waals surface area contributed by atoms with Crippen LogP contribution in [0.5, 0.6) is 0 Å². The van der Waals surface area contributed by atoms with E-state index < -0.39 is 6.10 Å². The van der Waals surface area contributed by atoms with Crippen LogP contribution in [0.4, 0.5) is 0 Å². The van der Waals surface area contributed by atoms with E-state index in [1.54, 1.807) is 23.5 Å². The van der Waals surface area contributed by atoms with Crippen LogP contribution in [0.25, 0.3) is 0 Å². The van der Waals surface area contributed by atoms with Gasteiger partial charge in [-0.3, -0.25) is 4.79 Å². The van der Waals surface area contributed by atoms with Gasteiger partial charge in [-0.2, -0.15) is 0 Å². The number of carbonyl (C=O) groups excluding carboxylic acids is 1. The Morgan fingerprint density at radius 1 is 1.29 bits per heavy atom. The van der Waals surface area contributed by atoms with Gasteiger partial charge in [0.2, 0.25) is 0 Å². The van der Waals surface area contributed by atoms with Crippen LogP contribution in [0.2, 0.25) is 0 Å². The van der Waals surface area contributed by atoms with Crippen molar-refractivity contribution in [3.8, 4) is 0 Å². The lowest BCUT2D eigenvalue weighted by atomic mass is 9.94. The number of thioether (sulfide) groups is 1. The summed E-state index contributed by atoms with van der Waals surface area (Å²) in [7, 11) is 0. The topological polar surface area (TPSA) is 62.2 Å². The van der Waals surface area contributed by atoms with Crippen molar-refractivity contribution in [1.29, 1.82) is 0 Å². The van der Waals surface area contributed by atoms with E-state index in [0.717, 1.165) is 35.7 Å². The molecule has 0 radical (unpaired) electrons. The average Bonchev–Trinajstić information content (AvgIpc) is 3.01. The van der Waals surface area contributed by atoms with E-state index in [9.17, 15) is 9.90 Å². The fourth-order valence-corrected chi connectivity index (χ4v) is 5.21. The number of carbonyl (C=O) groups is 1. The zero-order valence-electron chi connectivity index (χ0n) is 13.6. The Morgan fingerprint density at radius 3 is 2.62 bits per heavy atom. The number of nitrogens with one attached hydrogen (secondary N) is 1. The number of amides is 1. The van der Waals surface area contributed by atoms with Crippen molar-refractivity contribution in [1.82, 2.24) is 10.3 Å². The highest BCUT2D eigenvalue weighted by molar-refractivity contribution is 8.01. The first-order valence-corrected chi connectivity index (χ1v) is 10.00. The molecule has 1 heterocycles. The molecule has 3 rings (SSSR count). The molecule has 128 valence electrons. The predicted molar refractivity (Wildman–Crippen MR) is 98.3 cm³/mol. The summed E-state index contributed by atoms with van der Waals surface area (Å²) in [6.07, 6.45) is 2.95. The zero-order valence-corrected chi connectivity index (χ0v) is 15.3. The van der Waals surface area contributed by atoms with Crippen LogP contribution in [0.15, 0.2) is 40.1 Å². The Labute approximate surface area is 150 Å². The molecule has 0 aliphatic heterocycles. The first-order chi connectivity index (χ1) is 11.6. The smallest absolute Gasteiger partial charge is 0.253 e. The number of rotatable bonds is 5. The lowest BCUT2D eigenvalue weighted by Crippen LogP contribution is -2.40. The molecule has 1 aliphatic rings. The van der Waals surface area contributed by atoms with E-state index in [-0.39, 0.29) is 11.9 Å². The van der Waals surface area contributed by atoms with Gasteiger partial charge in [-0.15, -0.1) is 11.3 Å². The Morgan fingerprint density at radius 2 is 2.00 bits per heavy atom. The summed E-state index contributed by atoms with van der Waals surface area (Å²) in [5.41, 5.74) is 1.72. The average molecular weight is 363 g/mol. The van der Waals surface area contributed by atoms with Gasteiger partial charge < -0.3 is 10.4 Å². The summed E-state index contributed by atoms with van der Waals surface area (Å²) in [5.74, 6) is -0.298. The molecule has 1 amide bonds. The van der Waals surface area contributed by atoms with E-state index >= 15 is 0 Å². The Kier molecular flexibility index (Phi) is 5.92. The zero-order chi connectivity index (χ0) is 16.9. The molecule has 0 bridgehead atoms. The van der Waals surface area contributed by atoms with Crippen molar-refractivity contribution >= 4 is 29.0 Å². The van der Waals surface area contributed by atoms with E-state index in [2.05, 4.69) is 15.7 Å². The van der Waals surface area contributed by atoms with Crippen molar-refractivity contribution in [2.75, 3.05) is 0 Å². The highest BCUT2D eigenvalue weighted by Crippen LogP contribution is 2.35. The van der Waals surface area contributed by atoms with E-state index in [1.165, 1.54) is 0 Å². The second-order valence-corrected chi connectivity index (χ2v) is 8.57. The number of aryl methyl sites for hydroxylation is 1. The molecular formula is C18H22N2O2S2. The van der Waals surface area contributed by atoms with Gasteiger partial charge in [0.15, 0.2) is 6.10 Å². The molecule has 1 fully saturated rings. The maximum atomic E-state index is 12.2. The van der Waals surface area contributed by atoms with Crippen molar-refractivity contribution in [3.05, 3.63) is 47.0 Å². The van der Waals surface area contributed by atoms with Crippen LogP contribution < -0.4 is 5.32 Å². The number of thiazole rings is 1. The molecule has 1 saturated carbocycles. The number of aliphatic hydroxyl groups is 1. The number of benzene rings is 1. The van der Waals surface area contributed by atoms with Gasteiger partial charge in [-0.05, 0) is 38.2 Å². The van der Waals surface area contributed by atoms with Gasteiger partial charge in [-0.25, -0.2) is 4.98 Å². The van der Waals surface area contributed by atoms with Crippen molar-refractivity contribution in [2.45, 2.75) is 54.3 Å². The van der Waals surface area contributed by atoms with Crippen LogP contribution in [-0.2, 0) is 4.79 Å². The maximum Gasteiger partial charge on any atom is 0.253 e. The van der Waals surface area contributed by atoms with Crippen LogP contribution in [0, 0.1) is 6.92 Å². The standard InChI is InChI=1S/C18H22N2O2S2/c1-12-11-23-18(19-12)24-15-9-7-14(8-10-15)20-17(22)16(21)13-5-3-2-4-6-13/h2-6,11,14-16,21H,7-10H2,1H3,(H,20,22)/t14?,15?,16-/m1/s1. The first kappa shape index (κ1) is 17.5. The molecule has 2 aromatic rings. The molecule has 1 aliphatic carbocycles. The molecule has 0 spiro atoms. The van der Waals surface area contributed by atoms with Crippen molar-refractivity contribution in [3.63, 3.8) is 0 Å². The summed E-state index contributed by atoms with van der Waals surface area (Å²) < 4.78 is 1.14. The molecule has 24 heavy (non-hydrogen) atoms. The number of hydrogen-bond donors (Lipinski definition) is 2. The minimum absolute atomic E-state index is 0.158. The fraction of sp³-hybridized carbons (Fsp3) is 0.444. The highest BCUT2D eigenvalue weighted by atomic mass is 32.2. The number of aromatic nitrogens is 1. The quantitative estimate of drug-likeness (QED) is 0.851. The molecule has 2 N–H and O–H groups in total. The second kappa shape index (κ2) is 8.14. The Bertz CT molecular complexity index is 667.